The third-order valence-corrected chi connectivity index (χ3v) is 4.59. The van der Waals surface area contributed by atoms with E-state index in [2.05, 4.69) is 0 Å². The lowest BCUT2D eigenvalue weighted by Crippen LogP contribution is -2.13. The van der Waals surface area contributed by atoms with Crippen LogP contribution >= 0.6 is 8.58 Å². The van der Waals surface area contributed by atoms with Gasteiger partial charge >= 0.3 is 0 Å². The molecular formula is C16H22BO4P. The number of rotatable bonds is 6. The lowest BCUT2D eigenvalue weighted by Gasteiger charge is -2.16. The molecule has 0 aromatic heterocycles. The molecule has 118 valence electrons. The predicted octanol–water partition coefficient (Wildman–Crippen LogP) is 1.17. The molecule has 0 amide bonds. The monoisotopic (exact) mass is 320 g/mol. The van der Waals surface area contributed by atoms with Crippen LogP contribution < -0.4 is 29.6 Å². The Labute approximate surface area is 135 Å². The number of methoxy groups -OCH3 is 4. The predicted molar refractivity (Wildman–Crippen MR) is 96.6 cm³/mol. The molecule has 0 N–H and O–H groups in total. The van der Waals surface area contributed by atoms with Crippen molar-refractivity contribution in [2.45, 2.75) is 0 Å². The summed E-state index contributed by atoms with van der Waals surface area (Å²) in [4.78, 5) is 0. The van der Waals surface area contributed by atoms with Gasteiger partial charge in [0.1, 0.15) is 23.0 Å². The summed E-state index contributed by atoms with van der Waals surface area (Å²) in [6, 6.07) is 11.5. The zero-order valence-corrected chi connectivity index (χ0v) is 13.6. The first kappa shape index (κ1) is 18.2. The van der Waals surface area contributed by atoms with Gasteiger partial charge in [0.05, 0.1) is 47.5 Å². The second kappa shape index (κ2) is 8.55. The number of benzene rings is 2. The molecule has 0 bridgehead atoms. The molecule has 22 heavy (non-hydrogen) atoms. The number of hydrogen-bond donors (Lipinski definition) is 0. The fourth-order valence-electron chi connectivity index (χ4n) is 2.07. The lowest BCUT2D eigenvalue weighted by molar-refractivity contribution is 0.399. The summed E-state index contributed by atoms with van der Waals surface area (Å²) >= 11 is 0. The highest BCUT2D eigenvalue weighted by atomic mass is 31.1. The highest BCUT2D eigenvalue weighted by Crippen LogP contribution is 2.32. The summed E-state index contributed by atoms with van der Waals surface area (Å²) < 4.78 is 21.8. The van der Waals surface area contributed by atoms with E-state index in [1.807, 2.05) is 36.4 Å². The molecule has 0 aliphatic heterocycles. The van der Waals surface area contributed by atoms with Crippen LogP contribution in [0.25, 0.3) is 0 Å². The van der Waals surface area contributed by atoms with Crippen molar-refractivity contribution in [3.63, 3.8) is 0 Å². The van der Waals surface area contributed by atoms with Crippen LogP contribution in [0.1, 0.15) is 0 Å². The van der Waals surface area contributed by atoms with Crippen LogP contribution in [0.3, 0.4) is 0 Å². The molecule has 0 saturated heterocycles. The third kappa shape index (κ3) is 3.66. The van der Waals surface area contributed by atoms with Gasteiger partial charge in [-0.1, -0.05) is 12.1 Å². The maximum absolute atomic E-state index is 5.45. The first-order valence-corrected chi connectivity index (χ1v) is 7.44. The van der Waals surface area contributed by atoms with Gasteiger partial charge < -0.3 is 18.9 Å². The summed E-state index contributed by atoms with van der Waals surface area (Å²) in [7, 11) is 6.92. The van der Waals surface area contributed by atoms with Crippen LogP contribution in [0.5, 0.6) is 23.0 Å². The fraction of sp³-hybridized carbons (Fsp3) is 0.250. The van der Waals surface area contributed by atoms with Crippen molar-refractivity contribution in [2.75, 3.05) is 28.4 Å². The zero-order valence-electron chi connectivity index (χ0n) is 12.6. The minimum Gasteiger partial charge on any atom is -0.496 e. The van der Waals surface area contributed by atoms with E-state index in [1.54, 1.807) is 28.4 Å². The Balaban J connectivity index is 0.00000242. The average Bonchev–Trinajstić information content (AvgIpc) is 2.55. The number of hydrogen-bond acceptors (Lipinski definition) is 4. The summed E-state index contributed by atoms with van der Waals surface area (Å²) in [5.74, 6) is 3.17. The van der Waals surface area contributed by atoms with Crippen LogP contribution in [-0.2, 0) is 0 Å². The molecule has 4 nitrogen and oxygen atoms in total. The average molecular weight is 320 g/mol. The van der Waals surface area contributed by atoms with Crippen molar-refractivity contribution >= 4 is 27.6 Å². The van der Waals surface area contributed by atoms with Crippen molar-refractivity contribution in [2.24, 2.45) is 0 Å². The SMILES string of the molecule is B.COc1cccc(OC)c1Pc1c(OC)cccc1OC. The highest BCUT2D eigenvalue weighted by molar-refractivity contribution is 7.56. The Hall–Kier alpha value is -1.87. The molecule has 0 radical (unpaired) electrons. The van der Waals surface area contributed by atoms with E-state index < -0.39 is 0 Å². The molecule has 2 aromatic rings. The standard InChI is InChI=1S/C16H19O4P.BH3/c1-17-11-7-5-8-12(18-2)15(11)21-16-13(19-3)9-6-10-14(16)20-4;/h5-10,21H,1-4H3;1H3. The first-order valence-electron chi connectivity index (χ1n) is 6.44. The van der Waals surface area contributed by atoms with Crippen LogP contribution in [0, 0.1) is 0 Å². The minimum atomic E-state index is 0. The van der Waals surface area contributed by atoms with Crippen LogP contribution in [-0.4, -0.2) is 36.9 Å². The van der Waals surface area contributed by atoms with Gasteiger partial charge in [-0.25, -0.2) is 0 Å². The summed E-state index contributed by atoms with van der Waals surface area (Å²) in [5.41, 5.74) is 0. The largest absolute Gasteiger partial charge is 0.496 e. The Morgan fingerprint density at radius 1 is 0.591 bits per heavy atom. The smallest absolute Gasteiger partial charge is 0.130 e. The highest BCUT2D eigenvalue weighted by Gasteiger charge is 2.16. The van der Waals surface area contributed by atoms with Gasteiger partial charge in [0, 0.05) is 0 Å². The minimum absolute atomic E-state index is 0. The van der Waals surface area contributed by atoms with Crippen molar-refractivity contribution < 1.29 is 18.9 Å². The molecule has 0 unspecified atom stereocenters. The third-order valence-electron chi connectivity index (χ3n) is 3.11. The van der Waals surface area contributed by atoms with E-state index >= 15 is 0 Å². The molecule has 6 heteroatoms. The van der Waals surface area contributed by atoms with E-state index in [4.69, 9.17) is 18.9 Å². The molecule has 0 fully saturated rings. The van der Waals surface area contributed by atoms with Gasteiger partial charge in [-0.15, -0.1) is 0 Å². The van der Waals surface area contributed by atoms with E-state index in [0.717, 1.165) is 33.6 Å². The summed E-state index contributed by atoms with van der Waals surface area (Å²) in [6.45, 7) is 0. The first-order chi connectivity index (χ1) is 10.2. The van der Waals surface area contributed by atoms with Crippen molar-refractivity contribution in [3.05, 3.63) is 36.4 Å². The summed E-state index contributed by atoms with van der Waals surface area (Å²) in [6.07, 6.45) is 0. The molecule has 0 aliphatic carbocycles. The van der Waals surface area contributed by atoms with Crippen molar-refractivity contribution in [3.8, 4) is 23.0 Å². The van der Waals surface area contributed by atoms with Crippen LogP contribution in [0.4, 0.5) is 0 Å². The molecule has 0 saturated carbocycles. The van der Waals surface area contributed by atoms with Gasteiger partial charge in [0.25, 0.3) is 0 Å². The molecule has 0 heterocycles. The van der Waals surface area contributed by atoms with E-state index in [1.165, 1.54) is 0 Å². The maximum atomic E-state index is 5.45. The number of ether oxygens (including phenoxy) is 4. The lowest BCUT2D eigenvalue weighted by atomic mass is 10.3. The van der Waals surface area contributed by atoms with Gasteiger partial charge in [-0.05, 0) is 32.8 Å². The molecule has 0 spiro atoms. The van der Waals surface area contributed by atoms with Crippen LogP contribution in [0.2, 0.25) is 0 Å². The zero-order chi connectivity index (χ0) is 15.2. The molecule has 0 atom stereocenters. The van der Waals surface area contributed by atoms with E-state index in [-0.39, 0.29) is 8.41 Å². The quantitative estimate of drug-likeness (QED) is 0.591. The molecule has 0 aliphatic rings. The van der Waals surface area contributed by atoms with Gasteiger partial charge in [-0.2, -0.15) is 0 Å². The summed E-state index contributed by atoms with van der Waals surface area (Å²) in [5, 5.41) is 1.98. The second-order valence-electron chi connectivity index (χ2n) is 4.20. The normalized spacial score (nSPS) is 9.64. The van der Waals surface area contributed by atoms with E-state index in [9.17, 15) is 0 Å². The Bertz CT molecular complexity index is 521. The van der Waals surface area contributed by atoms with Crippen molar-refractivity contribution in [1.82, 2.24) is 0 Å². The van der Waals surface area contributed by atoms with Gasteiger partial charge in [0.2, 0.25) is 0 Å². The second-order valence-corrected chi connectivity index (χ2v) is 5.45. The maximum Gasteiger partial charge on any atom is 0.130 e. The fourth-order valence-corrected chi connectivity index (χ4v) is 3.56. The Kier molecular flexibility index (Phi) is 7.06. The Morgan fingerprint density at radius 2 is 0.864 bits per heavy atom. The van der Waals surface area contributed by atoms with Gasteiger partial charge in [0.15, 0.2) is 0 Å². The van der Waals surface area contributed by atoms with Gasteiger partial charge in [-0.3, -0.25) is 0 Å². The van der Waals surface area contributed by atoms with Crippen molar-refractivity contribution in [1.29, 1.82) is 0 Å². The van der Waals surface area contributed by atoms with E-state index in [0.29, 0.717) is 8.58 Å². The molecule has 2 aromatic carbocycles. The molecular weight excluding hydrogens is 298 g/mol. The Morgan fingerprint density at radius 3 is 1.09 bits per heavy atom. The van der Waals surface area contributed by atoms with Crippen LogP contribution in [0.15, 0.2) is 36.4 Å². The topological polar surface area (TPSA) is 36.9 Å². The molecule has 2 rings (SSSR count).